The van der Waals surface area contributed by atoms with Crippen LogP contribution >= 0.6 is 22.9 Å². The molecule has 0 unspecified atom stereocenters. The number of rotatable bonds is 7. The number of hydrogen-bond donors (Lipinski definition) is 0. The summed E-state index contributed by atoms with van der Waals surface area (Å²) in [6.45, 7) is 6.72. The lowest BCUT2D eigenvalue weighted by molar-refractivity contribution is -0.119. The van der Waals surface area contributed by atoms with Crippen LogP contribution in [0.15, 0.2) is 23.3 Å². The van der Waals surface area contributed by atoms with Crippen LogP contribution in [0.2, 0.25) is 5.02 Å². The van der Waals surface area contributed by atoms with Crippen LogP contribution in [-0.4, -0.2) is 52.5 Å². The molecular formula is C21H26ClN5O2S. The molecule has 0 spiro atoms. The minimum absolute atomic E-state index is 0.0858. The smallest absolute Gasteiger partial charge is 0.256 e. The maximum absolute atomic E-state index is 13.2. The largest absolute Gasteiger partial charge is 0.309 e. The van der Waals surface area contributed by atoms with E-state index in [2.05, 4.69) is 9.88 Å². The number of carbonyl (C=O) groups excluding carboxylic acids is 1. The summed E-state index contributed by atoms with van der Waals surface area (Å²) < 4.78 is 2.22. The Morgan fingerprint density at radius 1 is 1.20 bits per heavy atom. The highest BCUT2D eigenvalue weighted by Crippen LogP contribution is 2.35. The van der Waals surface area contributed by atoms with Gasteiger partial charge in [-0.25, -0.2) is 9.97 Å². The van der Waals surface area contributed by atoms with E-state index < -0.39 is 0 Å². The third kappa shape index (κ3) is 4.71. The molecule has 0 fully saturated rings. The summed E-state index contributed by atoms with van der Waals surface area (Å²) in [4.78, 5) is 38.4. The standard InChI is InChI=1S/C21H26ClN5O2S/c1-13-7-8-16(22)19-18(13)24-21(30-19)27(10-6-9-25(4)5)17(28)11-26-12-23-15(3)14(2)20(26)29/h7-8,12H,6,9-11H2,1-5H3. The molecule has 30 heavy (non-hydrogen) atoms. The number of halogens is 1. The number of carbonyl (C=O) groups is 1. The molecule has 0 aliphatic heterocycles. The van der Waals surface area contributed by atoms with Crippen molar-refractivity contribution in [3.05, 3.63) is 50.7 Å². The van der Waals surface area contributed by atoms with Gasteiger partial charge in [0.05, 0.1) is 21.6 Å². The first-order valence-corrected chi connectivity index (χ1v) is 10.9. The average Bonchev–Trinajstić information content (AvgIpc) is 3.14. The lowest BCUT2D eigenvalue weighted by Crippen LogP contribution is -2.38. The second-order valence-corrected chi connectivity index (χ2v) is 9.01. The van der Waals surface area contributed by atoms with Crippen molar-refractivity contribution in [1.82, 2.24) is 19.4 Å². The molecule has 7 nitrogen and oxygen atoms in total. The van der Waals surface area contributed by atoms with Gasteiger partial charge in [0.2, 0.25) is 5.91 Å². The molecular weight excluding hydrogens is 422 g/mol. The quantitative estimate of drug-likeness (QED) is 0.555. The molecule has 0 atom stereocenters. The number of thiazole rings is 1. The molecule has 0 aliphatic carbocycles. The number of benzene rings is 1. The van der Waals surface area contributed by atoms with Crippen LogP contribution in [0, 0.1) is 20.8 Å². The molecule has 160 valence electrons. The summed E-state index contributed by atoms with van der Waals surface area (Å²) in [5.74, 6) is -0.200. The van der Waals surface area contributed by atoms with Crippen molar-refractivity contribution >= 4 is 44.2 Å². The molecule has 0 N–H and O–H groups in total. The zero-order chi connectivity index (χ0) is 22.0. The van der Waals surface area contributed by atoms with Crippen molar-refractivity contribution in [2.24, 2.45) is 0 Å². The first-order valence-electron chi connectivity index (χ1n) is 9.72. The zero-order valence-corrected chi connectivity index (χ0v) is 19.5. The predicted octanol–water partition coefficient (Wildman–Crippen LogP) is 3.42. The lowest BCUT2D eigenvalue weighted by Gasteiger charge is -2.21. The molecule has 0 bridgehead atoms. The highest BCUT2D eigenvalue weighted by Gasteiger charge is 2.22. The maximum Gasteiger partial charge on any atom is 0.256 e. The SMILES string of the molecule is Cc1ncn(CC(=O)N(CCCN(C)C)c2nc3c(C)ccc(Cl)c3s2)c(=O)c1C. The Hall–Kier alpha value is -2.29. The highest BCUT2D eigenvalue weighted by molar-refractivity contribution is 7.23. The van der Waals surface area contributed by atoms with E-state index in [1.807, 2.05) is 33.2 Å². The van der Waals surface area contributed by atoms with Gasteiger partial charge >= 0.3 is 0 Å². The number of aryl methyl sites for hydroxylation is 2. The number of aromatic nitrogens is 3. The minimum Gasteiger partial charge on any atom is -0.309 e. The van der Waals surface area contributed by atoms with Crippen molar-refractivity contribution in [3.8, 4) is 0 Å². The molecule has 0 saturated heterocycles. The van der Waals surface area contributed by atoms with Crippen molar-refractivity contribution in [1.29, 1.82) is 0 Å². The normalized spacial score (nSPS) is 11.4. The highest BCUT2D eigenvalue weighted by atomic mass is 35.5. The summed E-state index contributed by atoms with van der Waals surface area (Å²) in [5.41, 5.74) is 2.83. The number of fused-ring (bicyclic) bond motifs is 1. The van der Waals surface area contributed by atoms with E-state index in [1.165, 1.54) is 22.2 Å². The van der Waals surface area contributed by atoms with Gasteiger partial charge in [-0.15, -0.1) is 0 Å². The van der Waals surface area contributed by atoms with E-state index in [1.54, 1.807) is 18.7 Å². The van der Waals surface area contributed by atoms with E-state index in [9.17, 15) is 9.59 Å². The predicted molar refractivity (Wildman–Crippen MR) is 123 cm³/mol. The third-order valence-corrected chi connectivity index (χ3v) is 6.56. The first-order chi connectivity index (χ1) is 14.2. The van der Waals surface area contributed by atoms with Crippen LogP contribution in [0.1, 0.15) is 23.2 Å². The monoisotopic (exact) mass is 447 g/mol. The molecule has 2 heterocycles. The Balaban J connectivity index is 1.95. The summed E-state index contributed by atoms with van der Waals surface area (Å²) in [5, 5.41) is 1.21. The van der Waals surface area contributed by atoms with Crippen LogP contribution < -0.4 is 10.5 Å². The van der Waals surface area contributed by atoms with E-state index in [-0.39, 0.29) is 18.0 Å². The maximum atomic E-state index is 13.2. The van der Waals surface area contributed by atoms with E-state index in [0.717, 1.165) is 28.7 Å². The minimum atomic E-state index is -0.202. The Labute approximate surface area is 184 Å². The van der Waals surface area contributed by atoms with Crippen LogP contribution in [-0.2, 0) is 11.3 Å². The molecule has 3 rings (SSSR count). The topological polar surface area (TPSA) is 71.3 Å². The van der Waals surface area contributed by atoms with Crippen LogP contribution in [0.5, 0.6) is 0 Å². The molecule has 3 aromatic rings. The number of amides is 1. The summed E-state index contributed by atoms with van der Waals surface area (Å²) in [6, 6.07) is 3.77. The lowest BCUT2D eigenvalue weighted by atomic mass is 10.2. The number of nitrogens with zero attached hydrogens (tertiary/aromatic N) is 5. The van der Waals surface area contributed by atoms with Crippen LogP contribution in [0.4, 0.5) is 5.13 Å². The van der Waals surface area contributed by atoms with Gasteiger partial charge in [0.1, 0.15) is 6.54 Å². The molecule has 1 amide bonds. The average molecular weight is 448 g/mol. The molecule has 0 aliphatic rings. The van der Waals surface area contributed by atoms with E-state index in [4.69, 9.17) is 16.6 Å². The summed E-state index contributed by atoms with van der Waals surface area (Å²) in [6.07, 6.45) is 2.21. The molecule has 9 heteroatoms. The summed E-state index contributed by atoms with van der Waals surface area (Å²) >= 11 is 7.76. The van der Waals surface area contributed by atoms with Crippen LogP contribution in [0.25, 0.3) is 10.2 Å². The fourth-order valence-electron chi connectivity index (χ4n) is 3.10. The second kappa shape index (κ2) is 9.24. The van der Waals surface area contributed by atoms with E-state index >= 15 is 0 Å². The molecule has 1 aromatic carbocycles. The van der Waals surface area contributed by atoms with Gasteiger partial charge < -0.3 is 4.90 Å². The van der Waals surface area contributed by atoms with Crippen molar-refractivity contribution in [3.63, 3.8) is 0 Å². The molecule has 0 radical (unpaired) electrons. The van der Waals surface area contributed by atoms with Crippen molar-refractivity contribution in [2.75, 3.05) is 32.1 Å². The Morgan fingerprint density at radius 2 is 1.93 bits per heavy atom. The van der Waals surface area contributed by atoms with Crippen molar-refractivity contribution in [2.45, 2.75) is 33.7 Å². The van der Waals surface area contributed by atoms with Gasteiger partial charge in [-0.2, -0.15) is 0 Å². The van der Waals surface area contributed by atoms with Crippen molar-refractivity contribution < 1.29 is 4.79 Å². The van der Waals surface area contributed by atoms with Gasteiger partial charge in [0.25, 0.3) is 5.56 Å². The molecule has 0 saturated carbocycles. The summed E-state index contributed by atoms with van der Waals surface area (Å²) in [7, 11) is 3.99. The fraction of sp³-hybridized carbons (Fsp3) is 0.429. The Bertz CT molecular complexity index is 1100. The Morgan fingerprint density at radius 3 is 2.60 bits per heavy atom. The third-order valence-electron chi connectivity index (χ3n) is 5.03. The van der Waals surface area contributed by atoms with E-state index in [0.29, 0.717) is 28.0 Å². The van der Waals surface area contributed by atoms with Gasteiger partial charge in [-0.3, -0.25) is 19.1 Å². The second-order valence-electron chi connectivity index (χ2n) is 7.63. The zero-order valence-electron chi connectivity index (χ0n) is 17.9. The van der Waals surface area contributed by atoms with Crippen LogP contribution in [0.3, 0.4) is 0 Å². The van der Waals surface area contributed by atoms with Gasteiger partial charge in [-0.05, 0) is 59.5 Å². The van der Waals surface area contributed by atoms with Gasteiger partial charge in [-0.1, -0.05) is 29.0 Å². The van der Waals surface area contributed by atoms with Gasteiger partial charge in [0.15, 0.2) is 5.13 Å². The van der Waals surface area contributed by atoms with Gasteiger partial charge in [0, 0.05) is 17.8 Å². The number of anilines is 1. The Kier molecular flexibility index (Phi) is 6.90. The first kappa shape index (κ1) is 22.4. The molecule has 2 aromatic heterocycles. The number of hydrogen-bond acceptors (Lipinski definition) is 6. The fourth-order valence-corrected chi connectivity index (χ4v) is 4.46.